The first-order chi connectivity index (χ1) is 13.8. The second kappa shape index (κ2) is 8.35. The fourth-order valence-electron chi connectivity index (χ4n) is 3.16. The zero-order valence-corrected chi connectivity index (χ0v) is 15.3. The number of amides is 1. The van der Waals surface area contributed by atoms with Crippen LogP contribution in [-0.2, 0) is 11.2 Å². The van der Waals surface area contributed by atoms with E-state index in [4.69, 9.17) is 4.52 Å². The van der Waals surface area contributed by atoms with Gasteiger partial charge in [-0.15, -0.1) is 0 Å². The molecule has 0 aliphatic carbocycles. The predicted octanol–water partition coefficient (Wildman–Crippen LogP) is 4.79. The zero-order chi connectivity index (χ0) is 19.2. The Morgan fingerprint density at radius 3 is 1.93 bits per heavy atom. The van der Waals surface area contributed by atoms with Crippen LogP contribution in [0.2, 0.25) is 0 Å². The minimum atomic E-state index is -0.213. The van der Waals surface area contributed by atoms with Gasteiger partial charge < -0.3 is 9.84 Å². The Morgan fingerprint density at radius 2 is 1.36 bits per heavy atom. The van der Waals surface area contributed by atoms with Crippen molar-refractivity contribution in [1.29, 1.82) is 0 Å². The summed E-state index contributed by atoms with van der Waals surface area (Å²) in [6.45, 7) is 0. The average Bonchev–Trinajstić information content (AvgIpc) is 3.22. The molecule has 1 N–H and O–H groups in total. The Morgan fingerprint density at radius 1 is 0.821 bits per heavy atom. The van der Waals surface area contributed by atoms with E-state index < -0.39 is 0 Å². The van der Waals surface area contributed by atoms with Gasteiger partial charge in [-0.2, -0.15) is 0 Å². The van der Waals surface area contributed by atoms with Crippen molar-refractivity contribution in [1.82, 2.24) is 10.5 Å². The minimum absolute atomic E-state index is 0.106. The summed E-state index contributed by atoms with van der Waals surface area (Å²) < 4.78 is 5.40. The number of benzene rings is 3. The Balaban J connectivity index is 1.50. The SMILES string of the molecule is O=C(Cc1cc(-c2ccccc2)on1)NC(c1ccccc1)c1ccccc1. The summed E-state index contributed by atoms with van der Waals surface area (Å²) in [4.78, 5) is 12.7. The van der Waals surface area contributed by atoms with Crippen molar-refractivity contribution in [3.05, 3.63) is 114 Å². The number of nitrogens with one attached hydrogen (secondary N) is 1. The van der Waals surface area contributed by atoms with Crippen LogP contribution in [0.1, 0.15) is 22.9 Å². The molecule has 1 heterocycles. The molecule has 0 unspecified atom stereocenters. The van der Waals surface area contributed by atoms with Crippen LogP contribution >= 0.6 is 0 Å². The molecular formula is C24H20N2O2. The van der Waals surface area contributed by atoms with Crippen LogP contribution in [0.5, 0.6) is 0 Å². The highest BCUT2D eigenvalue weighted by atomic mass is 16.5. The molecule has 0 saturated heterocycles. The van der Waals surface area contributed by atoms with Crippen LogP contribution in [0.4, 0.5) is 0 Å². The fourth-order valence-corrected chi connectivity index (χ4v) is 3.16. The average molecular weight is 368 g/mol. The quantitative estimate of drug-likeness (QED) is 0.532. The number of carbonyl (C=O) groups excluding carboxylic acids is 1. The van der Waals surface area contributed by atoms with Crippen molar-refractivity contribution >= 4 is 5.91 Å². The zero-order valence-electron chi connectivity index (χ0n) is 15.3. The molecule has 0 fully saturated rings. The van der Waals surface area contributed by atoms with Gasteiger partial charge in [-0.3, -0.25) is 4.79 Å². The van der Waals surface area contributed by atoms with Crippen LogP contribution in [0.25, 0.3) is 11.3 Å². The van der Waals surface area contributed by atoms with Crippen LogP contribution in [0.3, 0.4) is 0 Å². The van der Waals surface area contributed by atoms with E-state index in [0.29, 0.717) is 11.5 Å². The molecule has 0 saturated carbocycles. The molecule has 4 aromatic rings. The molecule has 0 aliphatic rings. The highest BCUT2D eigenvalue weighted by molar-refractivity contribution is 5.79. The predicted molar refractivity (Wildman–Crippen MR) is 109 cm³/mol. The van der Waals surface area contributed by atoms with Gasteiger partial charge >= 0.3 is 0 Å². The van der Waals surface area contributed by atoms with Gasteiger partial charge in [0, 0.05) is 11.6 Å². The van der Waals surface area contributed by atoms with Crippen molar-refractivity contribution < 1.29 is 9.32 Å². The van der Waals surface area contributed by atoms with Gasteiger partial charge in [-0.25, -0.2) is 0 Å². The number of aromatic nitrogens is 1. The summed E-state index contributed by atoms with van der Waals surface area (Å²) in [5, 5.41) is 7.18. The lowest BCUT2D eigenvalue weighted by Crippen LogP contribution is -2.30. The van der Waals surface area contributed by atoms with E-state index in [1.54, 1.807) is 0 Å². The second-order valence-corrected chi connectivity index (χ2v) is 6.55. The molecule has 1 aromatic heterocycles. The Hall–Kier alpha value is -3.66. The van der Waals surface area contributed by atoms with Gasteiger partial charge in [0.1, 0.15) is 0 Å². The lowest BCUT2D eigenvalue weighted by Gasteiger charge is -2.19. The number of rotatable bonds is 6. The third-order valence-corrected chi connectivity index (χ3v) is 4.53. The number of hydrogen-bond acceptors (Lipinski definition) is 3. The fraction of sp³-hybridized carbons (Fsp3) is 0.0833. The largest absolute Gasteiger partial charge is 0.356 e. The van der Waals surface area contributed by atoms with Crippen LogP contribution in [-0.4, -0.2) is 11.1 Å². The first kappa shape index (κ1) is 17.7. The molecule has 0 aliphatic heterocycles. The molecule has 28 heavy (non-hydrogen) atoms. The van der Waals surface area contributed by atoms with E-state index in [1.165, 1.54) is 0 Å². The van der Waals surface area contributed by atoms with Crippen molar-refractivity contribution in [3.63, 3.8) is 0 Å². The standard InChI is InChI=1S/C24H20N2O2/c27-23(17-21-16-22(28-26-21)18-10-4-1-5-11-18)25-24(19-12-6-2-7-13-19)20-14-8-3-9-15-20/h1-16,24H,17H2,(H,25,27). The van der Waals surface area contributed by atoms with Gasteiger partial charge in [-0.05, 0) is 11.1 Å². The summed E-state index contributed by atoms with van der Waals surface area (Å²) in [5.74, 6) is 0.552. The van der Waals surface area contributed by atoms with E-state index in [0.717, 1.165) is 16.7 Å². The Bertz CT molecular complexity index is 988. The molecule has 4 nitrogen and oxygen atoms in total. The van der Waals surface area contributed by atoms with E-state index >= 15 is 0 Å². The number of nitrogens with zero attached hydrogens (tertiary/aromatic N) is 1. The maximum absolute atomic E-state index is 12.7. The van der Waals surface area contributed by atoms with Gasteiger partial charge in [0.25, 0.3) is 0 Å². The van der Waals surface area contributed by atoms with Crippen molar-refractivity contribution in [3.8, 4) is 11.3 Å². The minimum Gasteiger partial charge on any atom is -0.356 e. The Kier molecular flexibility index (Phi) is 5.29. The number of carbonyl (C=O) groups is 1. The van der Waals surface area contributed by atoms with Crippen LogP contribution < -0.4 is 5.32 Å². The van der Waals surface area contributed by atoms with E-state index in [-0.39, 0.29) is 18.4 Å². The normalized spacial score (nSPS) is 10.8. The van der Waals surface area contributed by atoms with Crippen LogP contribution in [0.15, 0.2) is 102 Å². The monoisotopic (exact) mass is 368 g/mol. The van der Waals surface area contributed by atoms with Gasteiger partial charge in [0.2, 0.25) is 5.91 Å². The number of hydrogen-bond donors (Lipinski definition) is 1. The first-order valence-electron chi connectivity index (χ1n) is 9.20. The van der Waals surface area contributed by atoms with E-state index in [2.05, 4.69) is 10.5 Å². The summed E-state index contributed by atoms with van der Waals surface area (Å²) in [7, 11) is 0. The highest BCUT2D eigenvalue weighted by Crippen LogP contribution is 2.23. The molecule has 0 spiro atoms. The highest BCUT2D eigenvalue weighted by Gasteiger charge is 2.18. The summed E-state index contributed by atoms with van der Waals surface area (Å²) >= 11 is 0. The van der Waals surface area contributed by atoms with Gasteiger partial charge in [-0.1, -0.05) is 96.2 Å². The summed E-state index contributed by atoms with van der Waals surface area (Å²) in [5.41, 5.74) is 3.61. The van der Waals surface area contributed by atoms with Crippen molar-refractivity contribution in [2.24, 2.45) is 0 Å². The lowest BCUT2D eigenvalue weighted by molar-refractivity contribution is -0.121. The molecule has 138 valence electrons. The summed E-state index contributed by atoms with van der Waals surface area (Å²) in [6, 6.07) is 31.2. The first-order valence-corrected chi connectivity index (χ1v) is 9.20. The van der Waals surface area contributed by atoms with Gasteiger partial charge in [0.05, 0.1) is 18.2 Å². The van der Waals surface area contributed by atoms with Crippen molar-refractivity contribution in [2.45, 2.75) is 12.5 Å². The molecule has 0 bridgehead atoms. The molecule has 4 rings (SSSR count). The van der Waals surface area contributed by atoms with E-state index in [1.807, 2.05) is 97.1 Å². The second-order valence-electron chi connectivity index (χ2n) is 6.55. The molecule has 1 amide bonds. The molecular weight excluding hydrogens is 348 g/mol. The van der Waals surface area contributed by atoms with Crippen LogP contribution in [0, 0.1) is 0 Å². The van der Waals surface area contributed by atoms with Gasteiger partial charge in [0.15, 0.2) is 5.76 Å². The maximum Gasteiger partial charge on any atom is 0.226 e. The Labute approximate surface area is 163 Å². The summed E-state index contributed by atoms with van der Waals surface area (Å²) in [6.07, 6.45) is 0.159. The third kappa shape index (κ3) is 4.18. The molecule has 3 aromatic carbocycles. The maximum atomic E-state index is 12.7. The topological polar surface area (TPSA) is 55.1 Å². The molecule has 0 radical (unpaired) electrons. The lowest BCUT2D eigenvalue weighted by atomic mass is 9.98. The smallest absolute Gasteiger partial charge is 0.226 e. The molecule has 0 atom stereocenters. The third-order valence-electron chi connectivity index (χ3n) is 4.53. The van der Waals surface area contributed by atoms with E-state index in [9.17, 15) is 4.79 Å². The molecule has 4 heteroatoms. The van der Waals surface area contributed by atoms with Crippen molar-refractivity contribution in [2.75, 3.05) is 0 Å².